The molecule has 1 N–H and O–H groups in total. The van der Waals surface area contributed by atoms with Crippen LogP contribution in [-0.4, -0.2) is 60.8 Å². The number of aromatic nitrogens is 1. The molecule has 5 rings (SSSR count). The van der Waals surface area contributed by atoms with Crippen molar-refractivity contribution in [1.29, 1.82) is 0 Å². The Morgan fingerprint density at radius 2 is 1.88 bits per heavy atom. The lowest BCUT2D eigenvalue weighted by atomic mass is 9.88. The third-order valence-electron chi connectivity index (χ3n) is 6.17. The number of benzene rings is 1. The number of nitrogens with zero attached hydrogens (tertiary/aromatic N) is 3. The van der Waals surface area contributed by atoms with Crippen LogP contribution < -0.4 is 15.0 Å². The van der Waals surface area contributed by atoms with Crippen LogP contribution in [0.2, 0.25) is 0 Å². The predicted octanol–water partition coefficient (Wildman–Crippen LogP) is 3.09. The van der Waals surface area contributed by atoms with Crippen LogP contribution in [-0.2, 0) is 11.2 Å². The van der Waals surface area contributed by atoms with Crippen LogP contribution in [0.3, 0.4) is 0 Å². The van der Waals surface area contributed by atoms with E-state index in [1.165, 1.54) is 6.26 Å². The third-order valence-corrected chi connectivity index (χ3v) is 7.22. The quantitative estimate of drug-likeness (QED) is 0.598. The third kappa shape index (κ3) is 4.41. The molecule has 2 aromatic heterocycles. The number of carbonyl (C=O) groups excluding carboxylic acids is 3. The molecule has 0 radical (unpaired) electrons. The second-order valence-electron chi connectivity index (χ2n) is 8.26. The van der Waals surface area contributed by atoms with Crippen LogP contribution >= 0.6 is 11.3 Å². The summed E-state index contributed by atoms with van der Waals surface area (Å²) in [5.74, 6) is 0.00939. The maximum absolute atomic E-state index is 13.2. The smallest absolute Gasteiger partial charge is 0.293 e. The highest BCUT2D eigenvalue weighted by atomic mass is 32.1. The van der Waals surface area contributed by atoms with Crippen molar-refractivity contribution in [1.82, 2.24) is 9.88 Å². The summed E-state index contributed by atoms with van der Waals surface area (Å²) in [6.45, 7) is 2.65. The number of Topliss-reactive ketones (excluding diaryl/α,β-unsaturated/α-hetero) is 1. The first-order valence-electron chi connectivity index (χ1n) is 11.1. The van der Waals surface area contributed by atoms with Gasteiger partial charge in [-0.15, -0.1) is 0 Å². The Balaban J connectivity index is 1.20. The van der Waals surface area contributed by atoms with Gasteiger partial charge in [0.1, 0.15) is 5.75 Å². The van der Waals surface area contributed by atoms with Crippen molar-refractivity contribution in [3.05, 3.63) is 59.0 Å². The summed E-state index contributed by atoms with van der Waals surface area (Å²) in [4.78, 5) is 47.2. The van der Waals surface area contributed by atoms with Crippen molar-refractivity contribution in [3.63, 3.8) is 0 Å². The second kappa shape index (κ2) is 9.30. The van der Waals surface area contributed by atoms with Crippen LogP contribution in [0.15, 0.2) is 47.1 Å². The fraction of sp³-hybridized carbons (Fsp3) is 0.333. The Morgan fingerprint density at radius 3 is 2.56 bits per heavy atom. The Labute approximate surface area is 200 Å². The number of methoxy groups -OCH3 is 1. The number of hydrogen-bond acceptors (Lipinski definition) is 8. The van der Waals surface area contributed by atoms with Gasteiger partial charge in [-0.05, 0) is 36.4 Å². The maximum atomic E-state index is 13.2. The van der Waals surface area contributed by atoms with Crippen molar-refractivity contribution >= 4 is 39.8 Å². The molecule has 1 saturated heterocycles. The van der Waals surface area contributed by atoms with E-state index in [4.69, 9.17) is 9.15 Å². The highest BCUT2D eigenvalue weighted by Crippen LogP contribution is 2.33. The Morgan fingerprint density at radius 1 is 1.12 bits per heavy atom. The van der Waals surface area contributed by atoms with Crippen molar-refractivity contribution in [2.75, 3.05) is 43.5 Å². The SMILES string of the molecule is COc1ccc(N2CCN(C(=O)[C@H]3CC(=O)c4sc(NC(=O)c5ccco5)nc4C3)CC2)cc1. The predicted molar refractivity (Wildman–Crippen MR) is 127 cm³/mol. The molecule has 1 fully saturated rings. The molecule has 0 bridgehead atoms. The number of piperazine rings is 1. The minimum atomic E-state index is -0.428. The summed E-state index contributed by atoms with van der Waals surface area (Å²) in [6, 6.07) is 11.1. The summed E-state index contributed by atoms with van der Waals surface area (Å²) >= 11 is 1.14. The normalized spacial score (nSPS) is 17.9. The van der Waals surface area contributed by atoms with Gasteiger partial charge in [-0.25, -0.2) is 4.98 Å². The average Bonchev–Trinajstić information content (AvgIpc) is 3.54. The van der Waals surface area contributed by atoms with Gasteiger partial charge in [0.15, 0.2) is 16.7 Å². The van der Waals surface area contributed by atoms with Gasteiger partial charge in [-0.1, -0.05) is 11.3 Å². The number of thiazole rings is 1. The Kier molecular flexibility index (Phi) is 6.06. The van der Waals surface area contributed by atoms with Gasteiger partial charge in [0, 0.05) is 44.7 Å². The average molecular weight is 481 g/mol. The van der Waals surface area contributed by atoms with Crippen LogP contribution in [0.4, 0.5) is 10.8 Å². The highest BCUT2D eigenvalue weighted by molar-refractivity contribution is 7.17. The van der Waals surface area contributed by atoms with Gasteiger partial charge in [-0.3, -0.25) is 19.7 Å². The van der Waals surface area contributed by atoms with Crippen molar-refractivity contribution in [2.45, 2.75) is 12.8 Å². The molecule has 10 heteroatoms. The number of amides is 2. The summed E-state index contributed by atoms with van der Waals surface area (Å²) < 4.78 is 10.3. The number of ketones is 1. The van der Waals surface area contributed by atoms with Crippen molar-refractivity contribution in [3.8, 4) is 5.75 Å². The van der Waals surface area contributed by atoms with E-state index in [2.05, 4.69) is 15.2 Å². The lowest BCUT2D eigenvalue weighted by molar-refractivity contribution is -0.135. The number of nitrogens with one attached hydrogen (secondary N) is 1. The lowest BCUT2D eigenvalue weighted by Crippen LogP contribution is -2.51. The standard InChI is InChI=1S/C24H24N4O5S/c1-32-17-6-4-16(5-7-17)27-8-10-28(11-9-27)23(31)15-13-18-21(19(29)14-15)34-24(25-18)26-22(30)20-3-2-12-33-20/h2-7,12,15H,8-11,13-14H2,1H3,(H,25,26,30)/t15-/m1/s1. The molecular weight excluding hydrogens is 456 g/mol. The number of rotatable bonds is 5. The number of carbonyl (C=O) groups is 3. The second-order valence-corrected chi connectivity index (χ2v) is 9.26. The molecule has 0 unspecified atom stereocenters. The molecule has 1 aromatic carbocycles. The molecule has 0 spiro atoms. The van der Waals surface area contributed by atoms with Crippen LogP contribution in [0.5, 0.6) is 5.75 Å². The molecule has 3 aromatic rings. The van der Waals surface area contributed by atoms with E-state index in [9.17, 15) is 14.4 Å². The van der Waals surface area contributed by atoms with Crippen LogP contribution in [0.1, 0.15) is 32.3 Å². The minimum absolute atomic E-state index is 0.0115. The molecule has 1 aliphatic carbocycles. The summed E-state index contributed by atoms with van der Waals surface area (Å²) in [5, 5.41) is 3.01. The lowest BCUT2D eigenvalue weighted by Gasteiger charge is -2.38. The Hall–Kier alpha value is -3.66. The fourth-order valence-corrected chi connectivity index (χ4v) is 5.30. The summed E-state index contributed by atoms with van der Waals surface area (Å²) in [6.07, 6.45) is 1.97. The van der Waals surface area contributed by atoms with Crippen LogP contribution in [0, 0.1) is 5.92 Å². The first-order valence-corrected chi connectivity index (χ1v) is 11.9. The van der Waals surface area contributed by atoms with E-state index in [-0.39, 0.29) is 23.9 Å². The zero-order valence-electron chi connectivity index (χ0n) is 18.7. The van der Waals surface area contributed by atoms with E-state index >= 15 is 0 Å². The molecule has 2 amide bonds. The topological polar surface area (TPSA) is 105 Å². The molecule has 9 nitrogen and oxygen atoms in total. The van der Waals surface area contributed by atoms with Gasteiger partial charge in [0.2, 0.25) is 5.91 Å². The van der Waals surface area contributed by atoms with Crippen LogP contribution in [0.25, 0.3) is 0 Å². The monoisotopic (exact) mass is 480 g/mol. The van der Waals surface area contributed by atoms with E-state index < -0.39 is 11.8 Å². The number of ether oxygens (including phenoxy) is 1. The molecule has 34 heavy (non-hydrogen) atoms. The van der Waals surface area contributed by atoms with Gasteiger partial charge < -0.3 is 19.0 Å². The van der Waals surface area contributed by atoms with E-state index in [0.717, 1.165) is 35.9 Å². The molecule has 2 aliphatic rings. The molecule has 1 aliphatic heterocycles. The van der Waals surface area contributed by atoms with Gasteiger partial charge in [0.05, 0.1) is 29.9 Å². The highest BCUT2D eigenvalue weighted by Gasteiger charge is 2.36. The number of fused-ring (bicyclic) bond motifs is 1. The van der Waals surface area contributed by atoms with Gasteiger partial charge >= 0.3 is 0 Å². The van der Waals surface area contributed by atoms with Crippen molar-refractivity contribution in [2.24, 2.45) is 5.92 Å². The number of furan rings is 1. The van der Waals surface area contributed by atoms with E-state index in [1.54, 1.807) is 19.2 Å². The molecule has 1 atom stereocenters. The maximum Gasteiger partial charge on any atom is 0.293 e. The first-order chi connectivity index (χ1) is 16.5. The molecule has 0 saturated carbocycles. The minimum Gasteiger partial charge on any atom is -0.497 e. The number of anilines is 2. The zero-order chi connectivity index (χ0) is 23.7. The molecular formula is C24H24N4O5S. The first kappa shape index (κ1) is 22.1. The Bertz CT molecular complexity index is 1200. The summed E-state index contributed by atoms with van der Waals surface area (Å²) in [7, 11) is 1.64. The van der Waals surface area contributed by atoms with E-state index in [0.29, 0.717) is 35.2 Å². The molecule has 176 valence electrons. The summed E-state index contributed by atoms with van der Waals surface area (Å²) in [5.41, 5.74) is 1.67. The molecule has 3 heterocycles. The largest absolute Gasteiger partial charge is 0.497 e. The van der Waals surface area contributed by atoms with E-state index in [1.807, 2.05) is 29.2 Å². The fourth-order valence-electron chi connectivity index (χ4n) is 4.36. The van der Waals surface area contributed by atoms with Gasteiger partial charge in [-0.2, -0.15) is 0 Å². The van der Waals surface area contributed by atoms with Gasteiger partial charge in [0.25, 0.3) is 5.91 Å². The zero-order valence-corrected chi connectivity index (χ0v) is 19.5. The van der Waals surface area contributed by atoms with Crippen molar-refractivity contribution < 1.29 is 23.5 Å². The number of hydrogen-bond donors (Lipinski definition) is 1.